The first-order chi connectivity index (χ1) is 11.2. The molecule has 120 valence electrons. The smallest absolute Gasteiger partial charge is 0.110 e. The molecule has 1 N–H and O–H groups in total. The maximum Gasteiger partial charge on any atom is 0.110 e. The van der Waals surface area contributed by atoms with E-state index in [-0.39, 0.29) is 0 Å². The van der Waals surface area contributed by atoms with E-state index in [2.05, 4.69) is 57.4 Å². The zero-order valence-electron chi connectivity index (χ0n) is 13.7. The van der Waals surface area contributed by atoms with Gasteiger partial charge in [0.1, 0.15) is 5.82 Å². The van der Waals surface area contributed by atoms with E-state index in [0.717, 1.165) is 37.6 Å². The number of nitrogens with one attached hydrogen (secondary N) is 1. The summed E-state index contributed by atoms with van der Waals surface area (Å²) >= 11 is 0. The quantitative estimate of drug-likeness (QED) is 0.683. The summed E-state index contributed by atoms with van der Waals surface area (Å²) in [6.45, 7) is 6.81. The molecule has 23 heavy (non-hydrogen) atoms. The molecule has 0 bridgehead atoms. The Balaban J connectivity index is 1.53. The van der Waals surface area contributed by atoms with E-state index < -0.39 is 0 Å². The lowest BCUT2D eigenvalue weighted by Gasteiger charge is -2.11. The lowest BCUT2D eigenvalue weighted by Crippen LogP contribution is -2.18. The standard InChI is InChI=1S/C18H23N5/c1-15-11-21-22(14-15)10-6-9-19-12-18-13-20-16(2)23(18)17-7-4-3-5-8-17/h3-5,7-8,11,13-14,19H,6,9-10,12H2,1-2H3. The number of hydrogen-bond acceptors (Lipinski definition) is 3. The van der Waals surface area contributed by atoms with Crippen LogP contribution in [-0.2, 0) is 13.1 Å². The van der Waals surface area contributed by atoms with Crippen LogP contribution < -0.4 is 5.32 Å². The van der Waals surface area contributed by atoms with Gasteiger partial charge in [-0.2, -0.15) is 5.10 Å². The van der Waals surface area contributed by atoms with Crippen molar-refractivity contribution in [3.05, 3.63) is 66.0 Å². The average Bonchev–Trinajstić information content (AvgIpc) is 3.14. The van der Waals surface area contributed by atoms with E-state index in [1.807, 2.05) is 30.1 Å². The molecule has 0 aliphatic heterocycles. The number of imidazole rings is 1. The van der Waals surface area contributed by atoms with Gasteiger partial charge < -0.3 is 5.32 Å². The minimum Gasteiger partial charge on any atom is -0.311 e. The van der Waals surface area contributed by atoms with Crippen molar-refractivity contribution in [3.8, 4) is 5.69 Å². The summed E-state index contributed by atoms with van der Waals surface area (Å²) in [5.74, 6) is 1.01. The van der Waals surface area contributed by atoms with E-state index in [0.29, 0.717) is 0 Å². The molecule has 0 aliphatic carbocycles. The van der Waals surface area contributed by atoms with Gasteiger partial charge in [-0.25, -0.2) is 4.98 Å². The predicted molar refractivity (Wildman–Crippen MR) is 91.6 cm³/mol. The van der Waals surface area contributed by atoms with Crippen molar-refractivity contribution in [3.63, 3.8) is 0 Å². The molecule has 5 heteroatoms. The van der Waals surface area contributed by atoms with Crippen molar-refractivity contribution in [2.45, 2.75) is 33.4 Å². The molecule has 2 heterocycles. The number of aromatic nitrogens is 4. The molecule has 2 aromatic heterocycles. The summed E-state index contributed by atoms with van der Waals surface area (Å²) in [7, 11) is 0. The predicted octanol–water partition coefficient (Wildman–Crippen LogP) is 2.87. The normalized spacial score (nSPS) is 11.0. The van der Waals surface area contributed by atoms with Crippen LogP contribution in [-0.4, -0.2) is 25.9 Å². The van der Waals surface area contributed by atoms with Crippen molar-refractivity contribution in [2.24, 2.45) is 0 Å². The fourth-order valence-electron chi connectivity index (χ4n) is 2.72. The Labute approximate surface area is 137 Å². The van der Waals surface area contributed by atoms with Gasteiger partial charge in [-0.1, -0.05) is 18.2 Å². The Bertz CT molecular complexity index is 742. The Morgan fingerprint density at radius 1 is 1.09 bits per heavy atom. The van der Waals surface area contributed by atoms with Crippen LogP contribution in [0.2, 0.25) is 0 Å². The zero-order chi connectivity index (χ0) is 16.1. The molecular weight excluding hydrogens is 286 g/mol. The summed E-state index contributed by atoms with van der Waals surface area (Å²) in [6, 6.07) is 10.4. The highest BCUT2D eigenvalue weighted by Gasteiger charge is 2.07. The first-order valence-corrected chi connectivity index (χ1v) is 8.02. The van der Waals surface area contributed by atoms with Crippen molar-refractivity contribution in [2.75, 3.05) is 6.54 Å². The third kappa shape index (κ3) is 3.87. The highest BCUT2D eigenvalue weighted by molar-refractivity contribution is 5.35. The molecule has 0 atom stereocenters. The molecule has 0 amide bonds. The van der Waals surface area contributed by atoms with Gasteiger partial charge in [0, 0.05) is 25.0 Å². The molecule has 0 radical (unpaired) electrons. The molecule has 0 fully saturated rings. The van der Waals surface area contributed by atoms with Gasteiger partial charge in [0.25, 0.3) is 0 Å². The largest absolute Gasteiger partial charge is 0.311 e. The number of hydrogen-bond donors (Lipinski definition) is 1. The van der Waals surface area contributed by atoms with E-state index >= 15 is 0 Å². The van der Waals surface area contributed by atoms with E-state index in [1.165, 1.54) is 11.3 Å². The van der Waals surface area contributed by atoms with Gasteiger partial charge in [-0.3, -0.25) is 9.25 Å². The van der Waals surface area contributed by atoms with Gasteiger partial charge in [0.15, 0.2) is 0 Å². The lowest BCUT2D eigenvalue weighted by atomic mass is 10.3. The molecule has 0 unspecified atom stereocenters. The number of benzene rings is 1. The van der Waals surface area contributed by atoms with Crippen LogP contribution in [0.1, 0.15) is 23.5 Å². The summed E-state index contributed by atoms with van der Waals surface area (Å²) < 4.78 is 4.19. The van der Waals surface area contributed by atoms with E-state index in [9.17, 15) is 0 Å². The molecule has 0 aliphatic rings. The molecule has 0 saturated carbocycles. The fraction of sp³-hybridized carbons (Fsp3) is 0.333. The topological polar surface area (TPSA) is 47.7 Å². The second-order valence-corrected chi connectivity index (χ2v) is 5.78. The van der Waals surface area contributed by atoms with Crippen molar-refractivity contribution >= 4 is 0 Å². The van der Waals surface area contributed by atoms with Gasteiger partial charge in [0.05, 0.1) is 18.1 Å². The Morgan fingerprint density at radius 3 is 2.65 bits per heavy atom. The first kappa shape index (κ1) is 15.5. The fourth-order valence-corrected chi connectivity index (χ4v) is 2.72. The van der Waals surface area contributed by atoms with Crippen LogP contribution in [0, 0.1) is 13.8 Å². The maximum absolute atomic E-state index is 4.45. The van der Waals surface area contributed by atoms with Crippen molar-refractivity contribution in [1.29, 1.82) is 0 Å². The lowest BCUT2D eigenvalue weighted by molar-refractivity contribution is 0.539. The second-order valence-electron chi connectivity index (χ2n) is 5.78. The van der Waals surface area contributed by atoms with Crippen LogP contribution in [0.3, 0.4) is 0 Å². The average molecular weight is 309 g/mol. The SMILES string of the molecule is Cc1cnn(CCCNCc2cnc(C)n2-c2ccccc2)c1. The first-order valence-electron chi connectivity index (χ1n) is 8.02. The number of aryl methyl sites for hydroxylation is 3. The van der Waals surface area contributed by atoms with Gasteiger partial charge in [-0.05, 0) is 44.5 Å². The summed E-state index contributed by atoms with van der Waals surface area (Å²) in [4.78, 5) is 4.45. The zero-order valence-corrected chi connectivity index (χ0v) is 13.7. The van der Waals surface area contributed by atoms with Crippen LogP contribution in [0.15, 0.2) is 48.9 Å². The Kier molecular flexibility index (Phi) is 4.88. The molecule has 3 aromatic rings. The minimum atomic E-state index is 0.813. The monoisotopic (exact) mass is 309 g/mol. The number of rotatable bonds is 7. The highest BCUT2D eigenvalue weighted by Crippen LogP contribution is 2.14. The minimum absolute atomic E-state index is 0.813. The Morgan fingerprint density at radius 2 is 1.91 bits per heavy atom. The van der Waals surface area contributed by atoms with Gasteiger partial charge >= 0.3 is 0 Å². The van der Waals surface area contributed by atoms with Gasteiger partial charge in [-0.15, -0.1) is 0 Å². The number of para-hydroxylation sites is 1. The van der Waals surface area contributed by atoms with E-state index in [4.69, 9.17) is 0 Å². The third-order valence-corrected chi connectivity index (χ3v) is 3.83. The molecular formula is C18H23N5. The van der Waals surface area contributed by atoms with Crippen molar-refractivity contribution < 1.29 is 0 Å². The van der Waals surface area contributed by atoms with Crippen LogP contribution in [0.25, 0.3) is 5.69 Å². The molecule has 0 saturated heterocycles. The summed E-state index contributed by atoms with van der Waals surface area (Å²) in [6.07, 6.45) is 6.98. The molecule has 5 nitrogen and oxygen atoms in total. The summed E-state index contributed by atoms with van der Waals surface area (Å²) in [5, 5.41) is 7.80. The maximum atomic E-state index is 4.45. The summed E-state index contributed by atoms with van der Waals surface area (Å²) in [5.41, 5.74) is 3.55. The Hall–Kier alpha value is -2.40. The van der Waals surface area contributed by atoms with Gasteiger partial charge in [0.2, 0.25) is 0 Å². The van der Waals surface area contributed by atoms with Crippen LogP contribution in [0.4, 0.5) is 0 Å². The number of nitrogens with zero attached hydrogens (tertiary/aromatic N) is 4. The third-order valence-electron chi connectivity index (χ3n) is 3.83. The van der Waals surface area contributed by atoms with Crippen LogP contribution >= 0.6 is 0 Å². The van der Waals surface area contributed by atoms with Crippen molar-refractivity contribution in [1.82, 2.24) is 24.6 Å². The van der Waals surface area contributed by atoms with Crippen LogP contribution in [0.5, 0.6) is 0 Å². The molecule has 0 spiro atoms. The van der Waals surface area contributed by atoms with E-state index in [1.54, 1.807) is 0 Å². The molecule has 3 rings (SSSR count). The highest BCUT2D eigenvalue weighted by atomic mass is 15.3. The second kappa shape index (κ2) is 7.24. The molecule has 1 aromatic carbocycles.